The lowest BCUT2D eigenvalue weighted by Crippen LogP contribution is -2.16. The first-order chi connectivity index (χ1) is 7.93. The number of hydrogen-bond acceptors (Lipinski definition) is 1. The van der Waals surface area contributed by atoms with Gasteiger partial charge in [-0.3, -0.25) is 0 Å². The molecule has 0 aliphatic carbocycles. The molecule has 0 aliphatic heterocycles. The number of benzene rings is 1. The molecule has 1 rings (SSSR count). The second-order valence-corrected chi connectivity index (χ2v) is 9.77. The second-order valence-electron chi connectivity index (χ2n) is 3.40. The molecule has 1 N–H and O–H groups in total. The minimum absolute atomic E-state index is 0.00669. The van der Waals surface area contributed by atoms with Crippen molar-refractivity contribution in [1.82, 2.24) is 0 Å². The van der Waals surface area contributed by atoms with E-state index in [1.807, 2.05) is 0 Å². The fourth-order valence-electron chi connectivity index (χ4n) is 1.09. The van der Waals surface area contributed by atoms with Gasteiger partial charge in [0.2, 0.25) is 0 Å². The van der Waals surface area contributed by atoms with Gasteiger partial charge in [0.25, 0.3) is 0 Å². The van der Waals surface area contributed by atoms with Crippen molar-refractivity contribution in [3.8, 4) is 0 Å². The van der Waals surface area contributed by atoms with Crippen LogP contribution in [0.25, 0.3) is 0 Å². The fraction of sp³-hybridized carbons (Fsp3) is 0.333. The van der Waals surface area contributed by atoms with Gasteiger partial charge in [0.1, 0.15) is 0 Å². The summed E-state index contributed by atoms with van der Waals surface area (Å²) in [4.78, 5) is 0. The van der Waals surface area contributed by atoms with Crippen molar-refractivity contribution in [3.05, 3.63) is 35.4 Å². The highest BCUT2D eigenvalue weighted by Gasteiger charge is 2.47. The molecular formula is C9H7F6IOS. The maximum atomic E-state index is 12.4. The standard InChI is InChI=1S/C9H7F6IOS/c10-8(11,12)7-3-1-6(2-4-7)5-18(16,17)9(13,14)15/h1-4,17H,5H2. The zero-order valence-electron chi connectivity index (χ0n) is 8.52. The molecule has 0 spiro atoms. The molecule has 0 fully saturated rings. The number of alkyl halides is 6. The maximum absolute atomic E-state index is 12.4. The van der Waals surface area contributed by atoms with Crippen LogP contribution in [0.3, 0.4) is 0 Å². The van der Waals surface area contributed by atoms with Gasteiger partial charge in [-0.25, -0.2) is 0 Å². The van der Waals surface area contributed by atoms with Gasteiger partial charge in [-0.15, -0.1) is 0 Å². The van der Waals surface area contributed by atoms with Gasteiger partial charge in [0.15, 0.2) is 0 Å². The predicted molar refractivity (Wildman–Crippen MR) is 65.4 cm³/mol. The lowest BCUT2D eigenvalue weighted by atomic mass is 10.1. The molecule has 0 amide bonds. The Balaban J connectivity index is 2.89. The molecule has 0 radical (unpaired) electrons. The van der Waals surface area contributed by atoms with Gasteiger partial charge < -0.3 is 4.55 Å². The van der Waals surface area contributed by atoms with Crippen molar-refractivity contribution in [2.75, 3.05) is 0 Å². The average Bonchev–Trinajstić information content (AvgIpc) is 2.14. The van der Waals surface area contributed by atoms with Crippen LogP contribution in [0.2, 0.25) is 0 Å². The van der Waals surface area contributed by atoms with E-state index in [-0.39, 0.29) is 5.56 Å². The van der Waals surface area contributed by atoms with Crippen LogP contribution in [-0.2, 0) is 11.9 Å². The summed E-state index contributed by atoms with van der Waals surface area (Å²) in [6.45, 7) is 0. The lowest BCUT2D eigenvalue weighted by Gasteiger charge is -2.29. The van der Waals surface area contributed by atoms with E-state index in [9.17, 15) is 30.9 Å². The van der Waals surface area contributed by atoms with Crippen LogP contribution in [0.5, 0.6) is 0 Å². The minimum Gasteiger partial charge on any atom is -0.334 e. The smallest absolute Gasteiger partial charge is 0.334 e. The normalized spacial score (nSPS) is 18.2. The Morgan fingerprint density at radius 2 is 1.44 bits per heavy atom. The topological polar surface area (TPSA) is 20.2 Å². The van der Waals surface area contributed by atoms with Crippen molar-refractivity contribution in [1.29, 1.82) is 0 Å². The molecule has 1 unspecified atom stereocenters. The quantitative estimate of drug-likeness (QED) is 0.521. The van der Waals surface area contributed by atoms with E-state index >= 15 is 0 Å². The number of halogens is 7. The largest absolute Gasteiger partial charge is 0.455 e. The molecule has 1 atom stereocenters. The highest BCUT2D eigenvalue weighted by molar-refractivity contribution is 14.2. The van der Waals surface area contributed by atoms with Gasteiger partial charge in [0, 0.05) is 34.4 Å². The first-order valence-electron chi connectivity index (χ1n) is 4.39. The van der Waals surface area contributed by atoms with Crippen molar-refractivity contribution in [3.63, 3.8) is 0 Å². The summed E-state index contributed by atoms with van der Waals surface area (Å²) >= 11 is 0.902. The Morgan fingerprint density at radius 1 is 1.00 bits per heavy atom. The molecule has 1 aromatic carbocycles. The van der Waals surface area contributed by atoms with Gasteiger partial charge in [0.05, 0.1) is 5.56 Å². The molecule has 0 saturated heterocycles. The Labute approximate surface area is 112 Å². The van der Waals surface area contributed by atoms with Crippen molar-refractivity contribution < 1.29 is 30.9 Å². The van der Waals surface area contributed by atoms with Crippen molar-refractivity contribution >= 4 is 28.7 Å². The van der Waals surface area contributed by atoms with Crippen molar-refractivity contribution in [2.24, 2.45) is 0 Å². The van der Waals surface area contributed by atoms with Crippen molar-refractivity contribution in [2.45, 2.75) is 17.4 Å². The summed E-state index contributed by atoms with van der Waals surface area (Å²) in [5.41, 5.74) is -5.70. The third-order valence-electron chi connectivity index (χ3n) is 1.99. The predicted octanol–water partition coefficient (Wildman–Crippen LogP) is 5.35. The van der Waals surface area contributed by atoms with Crippen LogP contribution in [0.15, 0.2) is 24.3 Å². The van der Waals surface area contributed by atoms with E-state index in [0.717, 1.165) is 33.3 Å². The van der Waals surface area contributed by atoms with Crippen LogP contribution in [0.4, 0.5) is 26.3 Å². The van der Waals surface area contributed by atoms with E-state index in [4.69, 9.17) is 0 Å². The Kier molecular flexibility index (Phi) is 4.49. The highest BCUT2D eigenvalue weighted by Crippen LogP contribution is 2.67. The molecule has 0 aromatic heterocycles. The van der Waals surface area contributed by atoms with Gasteiger partial charge in [-0.05, 0) is 17.7 Å². The summed E-state index contributed by atoms with van der Waals surface area (Å²) in [6.07, 6.45) is -4.53. The highest BCUT2D eigenvalue weighted by atomic mass is 127. The molecule has 0 bridgehead atoms. The van der Waals surface area contributed by atoms with E-state index < -0.39 is 30.5 Å². The van der Waals surface area contributed by atoms with Crippen LogP contribution < -0.4 is 0 Å². The van der Waals surface area contributed by atoms with Crippen LogP contribution in [0, 0.1) is 0 Å². The maximum Gasteiger partial charge on any atom is 0.455 e. The molecule has 1 nitrogen and oxygen atoms in total. The van der Waals surface area contributed by atoms with Crippen LogP contribution >= 0.6 is 28.7 Å². The summed E-state index contributed by atoms with van der Waals surface area (Å²) in [5.74, 6) is -0.727. The summed E-state index contributed by atoms with van der Waals surface area (Å²) in [6, 6.07) is 3.26. The molecule has 1 aromatic rings. The molecule has 9 heteroatoms. The third kappa shape index (κ3) is 3.92. The third-order valence-corrected chi connectivity index (χ3v) is 5.85. The Hall–Kier alpha value is -0.160. The zero-order chi connectivity index (χ0) is 14.2. The fourth-order valence-corrected chi connectivity index (χ4v) is 2.97. The van der Waals surface area contributed by atoms with E-state index in [2.05, 4.69) is 0 Å². The molecule has 0 heterocycles. The lowest BCUT2D eigenvalue weighted by molar-refractivity contribution is -0.137. The van der Waals surface area contributed by atoms with Gasteiger partial charge in [-0.1, -0.05) is 12.1 Å². The number of rotatable bonds is 2. The molecule has 0 saturated carbocycles. The average molecular weight is 404 g/mol. The molecule has 0 aliphatic rings. The summed E-state index contributed by atoms with van der Waals surface area (Å²) < 4.78 is 83.1. The minimum atomic E-state index is -4.77. The summed E-state index contributed by atoms with van der Waals surface area (Å²) in [5, 5.41) is 0. The Morgan fingerprint density at radius 3 is 1.78 bits per heavy atom. The monoisotopic (exact) mass is 404 g/mol. The van der Waals surface area contributed by atoms with E-state index in [1.54, 1.807) is 0 Å². The first kappa shape index (κ1) is 15.9. The van der Waals surface area contributed by atoms with Crippen LogP contribution in [-0.4, -0.2) is 10.1 Å². The molecule has 104 valence electrons. The summed E-state index contributed by atoms with van der Waals surface area (Å²) in [7, 11) is -3.91. The van der Waals surface area contributed by atoms with E-state index in [0.29, 0.717) is 12.1 Å². The van der Waals surface area contributed by atoms with E-state index in [1.165, 1.54) is 0 Å². The second kappa shape index (κ2) is 5.08. The number of hydrogen-bond donors (Lipinski definition) is 1. The molecule has 18 heavy (non-hydrogen) atoms. The SMILES string of the molecule is OS(I)(Cc1ccc(C(F)(F)F)cc1)C(F)(F)F. The Bertz CT molecular complexity index is 411. The molecular weight excluding hydrogens is 397 g/mol. The zero-order valence-corrected chi connectivity index (χ0v) is 11.5. The van der Waals surface area contributed by atoms with Gasteiger partial charge >= 0.3 is 11.7 Å². The first-order valence-corrected chi connectivity index (χ1v) is 8.69. The van der Waals surface area contributed by atoms with Gasteiger partial charge in [-0.2, -0.15) is 26.3 Å². The van der Waals surface area contributed by atoms with Crippen LogP contribution in [0.1, 0.15) is 11.1 Å².